The van der Waals surface area contributed by atoms with Crippen molar-refractivity contribution in [2.75, 3.05) is 0 Å². The highest BCUT2D eigenvalue weighted by Gasteiger charge is 2.08. The van der Waals surface area contributed by atoms with E-state index in [0.29, 0.717) is 27.5 Å². The molecule has 22 heavy (non-hydrogen) atoms. The Labute approximate surface area is 136 Å². The van der Waals surface area contributed by atoms with Crippen molar-refractivity contribution < 1.29 is 0 Å². The number of aromatic amines is 1. The van der Waals surface area contributed by atoms with Gasteiger partial charge in [0.05, 0.1) is 16.7 Å². The molecule has 1 N–H and O–H groups in total. The molecule has 0 aliphatic heterocycles. The summed E-state index contributed by atoms with van der Waals surface area (Å²) >= 11 is 7.52. The van der Waals surface area contributed by atoms with E-state index in [0.717, 1.165) is 18.1 Å². The Balaban J connectivity index is 1.85. The van der Waals surface area contributed by atoms with Crippen molar-refractivity contribution in [2.24, 2.45) is 0 Å². The van der Waals surface area contributed by atoms with E-state index in [4.69, 9.17) is 11.6 Å². The zero-order valence-corrected chi connectivity index (χ0v) is 13.6. The quantitative estimate of drug-likeness (QED) is 0.726. The molecule has 7 heteroatoms. The normalized spacial score (nSPS) is 11.2. The van der Waals surface area contributed by atoms with Crippen LogP contribution in [0.4, 0.5) is 0 Å². The van der Waals surface area contributed by atoms with Crippen molar-refractivity contribution in [1.29, 1.82) is 0 Å². The average Bonchev–Trinajstić information content (AvgIpc) is 2.92. The molecule has 2 heterocycles. The van der Waals surface area contributed by atoms with Crippen molar-refractivity contribution in [3.63, 3.8) is 0 Å². The monoisotopic (exact) mass is 334 g/mol. The Morgan fingerprint density at radius 2 is 2.27 bits per heavy atom. The molecule has 0 saturated carbocycles. The lowest BCUT2D eigenvalue weighted by Gasteiger charge is -2.06. The van der Waals surface area contributed by atoms with E-state index in [1.54, 1.807) is 36.2 Å². The summed E-state index contributed by atoms with van der Waals surface area (Å²) in [7, 11) is 0. The minimum absolute atomic E-state index is 0.144. The first kappa shape index (κ1) is 15.1. The number of thioether (sulfide) groups is 1. The first-order valence-corrected chi connectivity index (χ1v) is 8.36. The van der Waals surface area contributed by atoms with Crippen LogP contribution >= 0.6 is 23.4 Å². The van der Waals surface area contributed by atoms with Crippen molar-refractivity contribution >= 4 is 34.3 Å². The summed E-state index contributed by atoms with van der Waals surface area (Å²) in [6.45, 7) is 3.06. The molecule has 1 aromatic carbocycles. The molecule has 3 rings (SSSR count). The van der Waals surface area contributed by atoms with Crippen LogP contribution in [0.1, 0.15) is 19.2 Å². The number of aryl methyl sites for hydroxylation is 1. The highest BCUT2D eigenvalue weighted by molar-refractivity contribution is 7.98. The van der Waals surface area contributed by atoms with Crippen molar-refractivity contribution in [2.45, 2.75) is 30.8 Å². The Morgan fingerprint density at radius 1 is 1.41 bits per heavy atom. The lowest BCUT2D eigenvalue weighted by molar-refractivity contribution is 0.620. The maximum atomic E-state index is 12.1. The fourth-order valence-corrected chi connectivity index (χ4v) is 3.23. The molecule has 3 aromatic rings. The molecule has 0 unspecified atom stereocenters. The number of benzene rings is 1. The van der Waals surface area contributed by atoms with Crippen molar-refractivity contribution in [3.8, 4) is 0 Å². The maximum absolute atomic E-state index is 12.1. The minimum Gasteiger partial charge on any atom is -0.326 e. The Morgan fingerprint density at radius 3 is 3.09 bits per heavy atom. The molecule has 2 aromatic heterocycles. The zero-order chi connectivity index (χ0) is 15.5. The second-order valence-electron chi connectivity index (χ2n) is 4.87. The first-order valence-electron chi connectivity index (χ1n) is 6.99. The number of hydrogen-bond acceptors (Lipinski definition) is 4. The highest BCUT2D eigenvalue weighted by Crippen LogP contribution is 2.21. The van der Waals surface area contributed by atoms with Crippen LogP contribution < -0.4 is 5.56 Å². The van der Waals surface area contributed by atoms with Crippen LogP contribution in [-0.2, 0) is 12.3 Å². The molecule has 0 bridgehead atoms. The number of aromatic nitrogens is 4. The lowest BCUT2D eigenvalue weighted by atomic mass is 10.2. The highest BCUT2D eigenvalue weighted by atomic mass is 35.5. The summed E-state index contributed by atoms with van der Waals surface area (Å²) in [6, 6.07) is 5.09. The fraction of sp³-hybridized carbons (Fsp3) is 0.267. The molecule has 0 fully saturated rings. The number of imidazole rings is 1. The third-order valence-electron chi connectivity index (χ3n) is 3.20. The molecule has 0 saturated heterocycles. The number of rotatable bonds is 5. The Hall–Kier alpha value is -1.79. The average molecular weight is 335 g/mol. The van der Waals surface area contributed by atoms with Crippen molar-refractivity contribution in [3.05, 3.63) is 51.8 Å². The van der Waals surface area contributed by atoms with Crippen molar-refractivity contribution in [1.82, 2.24) is 19.5 Å². The Kier molecular flexibility index (Phi) is 4.49. The first-order chi connectivity index (χ1) is 10.7. The van der Waals surface area contributed by atoms with Gasteiger partial charge in [-0.05, 0) is 24.6 Å². The SMILES string of the molecule is CCCn1ccnc1SCc1nc2cc(Cl)ccc2c(=O)[nH]1. The molecule has 0 atom stereocenters. The van der Waals surface area contributed by atoms with E-state index in [1.807, 2.05) is 6.20 Å². The molecule has 0 aliphatic rings. The number of nitrogens with one attached hydrogen (secondary N) is 1. The number of hydrogen-bond donors (Lipinski definition) is 1. The summed E-state index contributed by atoms with van der Waals surface area (Å²) in [6.07, 6.45) is 4.80. The summed E-state index contributed by atoms with van der Waals surface area (Å²) in [5, 5.41) is 2.05. The molecule has 114 valence electrons. The van der Waals surface area contributed by atoms with Gasteiger partial charge in [-0.25, -0.2) is 9.97 Å². The lowest BCUT2D eigenvalue weighted by Crippen LogP contribution is -2.11. The van der Waals surface area contributed by atoms with Crippen LogP contribution in [0.15, 0.2) is 40.5 Å². The molecule has 5 nitrogen and oxygen atoms in total. The number of H-pyrrole nitrogens is 1. The number of halogens is 1. The topological polar surface area (TPSA) is 63.6 Å². The van der Waals surface area contributed by atoms with Crippen LogP contribution in [-0.4, -0.2) is 19.5 Å². The standard InChI is InChI=1S/C15H15ClN4OS/c1-2-6-20-7-5-17-15(20)22-9-13-18-12-8-10(16)3-4-11(12)14(21)19-13/h3-5,7-8H,2,6,9H2,1H3,(H,18,19,21). The van der Waals surface area contributed by atoms with Gasteiger partial charge in [-0.2, -0.15) is 0 Å². The van der Waals surface area contributed by atoms with Gasteiger partial charge >= 0.3 is 0 Å². The third kappa shape index (κ3) is 3.18. The third-order valence-corrected chi connectivity index (χ3v) is 4.45. The largest absolute Gasteiger partial charge is 0.326 e. The van der Waals surface area contributed by atoms with Gasteiger partial charge in [0.25, 0.3) is 5.56 Å². The molecular formula is C15H15ClN4OS. The molecule has 0 amide bonds. The van der Waals surface area contributed by atoms with Crippen LogP contribution in [0.2, 0.25) is 5.02 Å². The van der Waals surface area contributed by atoms with E-state index in [1.165, 1.54) is 0 Å². The molecule has 0 spiro atoms. The second-order valence-corrected chi connectivity index (χ2v) is 6.24. The van der Waals surface area contributed by atoms with E-state index in [-0.39, 0.29) is 5.56 Å². The zero-order valence-electron chi connectivity index (χ0n) is 12.0. The predicted molar refractivity (Wildman–Crippen MR) is 89.5 cm³/mol. The number of fused-ring (bicyclic) bond motifs is 1. The van der Waals surface area contributed by atoms with Gasteiger partial charge in [-0.15, -0.1) is 0 Å². The van der Waals surface area contributed by atoms with Crippen LogP contribution in [0.5, 0.6) is 0 Å². The molecule has 0 aliphatic carbocycles. The van der Waals surface area contributed by atoms with Gasteiger partial charge in [0.1, 0.15) is 5.82 Å². The van der Waals surface area contributed by atoms with Crippen LogP contribution in [0.25, 0.3) is 10.9 Å². The smallest absolute Gasteiger partial charge is 0.258 e. The summed E-state index contributed by atoms with van der Waals surface area (Å²) in [5.41, 5.74) is 0.470. The molecular weight excluding hydrogens is 320 g/mol. The van der Waals surface area contributed by atoms with Crippen LogP contribution in [0, 0.1) is 0 Å². The minimum atomic E-state index is -0.144. The Bertz CT molecular complexity index is 858. The molecule has 0 radical (unpaired) electrons. The van der Waals surface area contributed by atoms with E-state index >= 15 is 0 Å². The van der Waals surface area contributed by atoms with E-state index in [9.17, 15) is 4.79 Å². The van der Waals surface area contributed by atoms with Gasteiger partial charge in [-0.1, -0.05) is 30.3 Å². The summed E-state index contributed by atoms with van der Waals surface area (Å²) in [5.74, 6) is 1.18. The fourth-order valence-electron chi connectivity index (χ4n) is 2.21. The van der Waals surface area contributed by atoms with Gasteiger partial charge < -0.3 is 9.55 Å². The summed E-state index contributed by atoms with van der Waals surface area (Å²) < 4.78 is 2.10. The second kappa shape index (κ2) is 6.54. The van der Waals surface area contributed by atoms with E-state index in [2.05, 4.69) is 26.4 Å². The van der Waals surface area contributed by atoms with Gasteiger partial charge in [0.2, 0.25) is 0 Å². The van der Waals surface area contributed by atoms with Crippen LogP contribution in [0.3, 0.4) is 0 Å². The van der Waals surface area contributed by atoms with Gasteiger partial charge in [0, 0.05) is 24.0 Å². The number of nitrogens with zero attached hydrogens (tertiary/aromatic N) is 3. The van der Waals surface area contributed by atoms with Gasteiger partial charge in [-0.3, -0.25) is 4.79 Å². The van der Waals surface area contributed by atoms with Gasteiger partial charge in [0.15, 0.2) is 5.16 Å². The summed E-state index contributed by atoms with van der Waals surface area (Å²) in [4.78, 5) is 23.7. The van der Waals surface area contributed by atoms with E-state index < -0.39 is 0 Å². The predicted octanol–water partition coefficient (Wildman–Crippen LogP) is 3.48. The maximum Gasteiger partial charge on any atom is 0.258 e.